The minimum absolute atomic E-state index is 0.108. The first-order chi connectivity index (χ1) is 11.3. The molecule has 3 aromatic rings. The predicted octanol–water partition coefficient (Wildman–Crippen LogP) is -1.63. The second-order valence-corrected chi connectivity index (χ2v) is 6.07. The van der Waals surface area contributed by atoms with E-state index in [4.69, 9.17) is 10.5 Å². The van der Waals surface area contributed by atoms with Crippen molar-refractivity contribution in [2.24, 2.45) is 0 Å². The van der Waals surface area contributed by atoms with Crippen LogP contribution in [0.25, 0.3) is 16.8 Å². The fraction of sp³-hybridized carbons (Fsp3) is 0.538. The summed E-state index contributed by atoms with van der Waals surface area (Å²) in [5, 5.41) is 34.2. The number of nitrogens with zero attached hydrogens (tertiary/aromatic N) is 6. The zero-order chi connectivity index (χ0) is 17.2. The molecule has 1 saturated heterocycles. The van der Waals surface area contributed by atoms with Gasteiger partial charge in [0, 0.05) is 0 Å². The largest absolute Gasteiger partial charge is 0.394 e. The Morgan fingerprint density at radius 1 is 1.38 bits per heavy atom. The number of anilines is 1. The van der Waals surface area contributed by atoms with Crippen molar-refractivity contribution < 1.29 is 20.1 Å². The Kier molecular flexibility index (Phi) is 3.06. The highest BCUT2D eigenvalue weighted by Crippen LogP contribution is 2.39. The van der Waals surface area contributed by atoms with Crippen LogP contribution in [0.4, 0.5) is 5.95 Å². The van der Waals surface area contributed by atoms with Crippen LogP contribution >= 0.6 is 0 Å². The lowest BCUT2D eigenvalue weighted by molar-refractivity contribution is -0.0950. The van der Waals surface area contributed by atoms with Gasteiger partial charge in [0.2, 0.25) is 5.95 Å². The summed E-state index contributed by atoms with van der Waals surface area (Å²) in [5.74, 6) is 0.627. The molecule has 0 aliphatic carbocycles. The van der Waals surface area contributed by atoms with Crippen LogP contribution < -0.4 is 5.73 Å². The Bertz CT molecular complexity index is 933. The molecule has 4 atom stereocenters. The molecule has 4 rings (SSSR count). The van der Waals surface area contributed by atoms with Gasteiger partial charge in [-0.2, -0.15) is 9.50 Å². The van der Waals surface area contributed by atoms with Crippen molar-refractivity contribution in [2.45, 2.75) is 37.9 Å². The van der Waals surface area contributed by atoms with E-state index in [9.17, 15) is 15.3 Å². The Morgan fingerprint density at radius 2 is 2.12 bits per heavy atom. The number of hydrogen-bond acceptors (Lipinski definition) is 9. The lowest BCUT2D eigenvalue weighted by atomic mass is 9.96. The summed E-state index contributed by atoms with van der Waals surface area (Å²) in [6.07, 6.45) is -1.75. The average Bonchev–Trinajstić information content (AvgIpc) is 3.16. The van der Waals surface area contributed by atoms with Gasteiger partial charge in [0.25, 0.3) is 0 Å². The van der Waals surface area contributed by atoms with Gasteiger partial charge in [0.1, 0.15) is 23.6 Å². The van der Waals surface area contributed by atoms with Crippen LogP contribution in [0, 0.1) is 6.92 Å². The van der Waals surface area contributed by atoms with Gasteiger partial charge in [0.05, 0.1) is 12.9 Å². The number of aliphatic hydroxyl groups is 3. The second-order valence-electron chi connectivity index (χ2n) is 6.07. The molecular formula is C13H17N7O4. The summed E-state index contributed by atoms with van der Waals surface area (Å²) < 4.78 is 8.45. The van der Waals surface area contributed by atoms with Crippen LogP contribution in [-0.4, -0.2) is 68.9 Å². The number of hydrogen-bond donors (Lipinski definition) is 4. The number of nitrogens with two attached hydrogens (primary N) is 1. The average molecular weight is 335 g/mol. The molecule has 0 aromatic carbocycles. The summed E-state index contributed by atoms with van der Waals surface area (Å²) in [4.78, 5) is 12.8. The topological polar surface area (TPSA) is 157 Å². The van der Waals surface area contributed by atoms with Gasteiger partial charge in [-0.1, -0.05) is 0 Å². The van der Waals surface area contributed by atoms with Gasteiger partial charge >= 0.3 is 0 Å². The molecule has 0 amide bonds. The maximum absolute atomic E-state index is 10.6. The maximum atomic E-state index is 10.6. The lowest BCUT2D eigenvalue weighted by Crippen LogP contribution is -2.44. The van der Waals surface area contributed by atoms with Crippen LogP contribution in [0.2, 0.25) is 0 Å². The summed E-state index contributed by atoms with van der Waals surface area (Å²) in [7, 11) is 0. The molecule has 3 aromatic heterocycles. The monoisotopic (exact) mass is 335 g/mol. The van der Waals surface area contributed by atoms with Crippen molar-refractivity contribution in [3.8, 4) is 0 Å². The Balaban J connectivity index is 1.92. The number of rotatable bonds is 2. The van der Waals surface area contributed by atoms with Gasteiger partial charge in [0.15, 0.2) is 23.0 Å². The fourth-order valence-electron chi connectivity index (χ4n) is 3.07. The third-order valence-corrected chi connectivity index (χ3v) is 4.32. The van der Waals surface area contributed by atoms with E-state index in [2.05, 4.69) is 20.1 Å². The summed E-state index contributed by atoms with van der Waals surface area (Å²) in [6.45, 7) is 2.72. The van der Waals surface area contributed by atoms with Gasteiger partial charge < -0.3 is 25.8 Å². The van der Waals surface area contributed by atoms with Gasteiger partial charge in [-0.05, 0) is 13.8 Å². The van der Waals surface area contributed by atoms with Crippen molar-refractivity contribution in [1.82, 2.24) is 29.1 Å². The number of aryl methyl sites for hydroxylation is 1. The first-order valence-electron chi connectivity index (χ1n) is 7.36. The normalized spacial score (nSPS) is 30.6. The van der Waals surface area contributed by atoms with E-state index in [1.807, 2.05) is 0 Å². The van der Waals surface area contributed by atoms with Crippen LogP contribution in [0.1, 0.15) is 19.0 Å². The first-order valence-corrected chi connectivity index (χ1v) is 7.36. The van der Waals surface area contributed by atoms with Crippen molar-refractivity contribution in [3.05, 3.63) is 12.2 Å². The molecule has 0 unspecified atom stereocenters. The maximum Gasteiger partial charge on any atom is 0.225 e. The third kappa shape index (κ3) is 1.86. The molecule has 11 heteroatoms. The zero-order valence-corrected chi connectivity index (χ0v) is 13.0. The summed E-state index contributed by atoms with van der Waals surface area (Å²) in [5.41, 5.74) is 5.49. The lowest BCUT2D eigenvalue weighted by Gasteiger charge is -2.27. The highest BCUT2D eigenvalue weighted by Gasteiger charge is 2.53. The van der Waals surface area contributed by atoms with Gasteiger partial charge in [-0.3, -0.25) is 4.57 Å². The standard InChI is InChI=1S/C13H17N7O4/c1-5-16-10-7-9(17-12(14)20(10)18-5)19(4-15-7)11-13(2,23)8(22)6(3-21)24-11/h4,6,8,11,21-23H,3H2,1-2H3,(H2,14,17)/t6-,8-,11-,13-/m1/s1. The highest BCUT2D eigenvalue weighted by atomic mass is 16.6. The number of fused-ring (bicyclic) bond motifs is 3. The van der Waals surface area contributed by atoms with E-state index < -0.39 is 30.6 Å². The molecule has 5 N–H and O–H groups in total. The van der Waals surface area contributed by atoms with Crippen LogP contribution in [0.15, 0.2) is 6.33 Å². The zero-order valence-electron chi connectivity index (χ0n) is 13.0. The van der Waals surface area contributed by atoms with Crippen molar-refractivity contribution >= 4 is 22.8 Å². The molecule has 0 radical (unpaired) electrons. The van der Waals surface area contributed by atoms with Crippen molar-refractivity contribution in [1.29, 1.82) is 0 Å². The predicted molar refractivity (Wildman–Crippen MR) is 80.8 cm³/mol. The Morgan fingerprint density at radius 3 is 2.79 bits per heavy atom. The fourth-order valence-corrected chi connectivity index (χ4v) is 3.07. The molecular weight excluding hydrogens is 318 g/mol. The number of aliphatic hydroxyl groups excluding tert-OH is 2. The van der Waals surface area contributed by atoms with Crippen LogP contribution in [0.5, 0.6) is 0 Å². The van der Waals surface area contributed by atoms with Crippen LogP contribution in [0.3, 0.4) is 0 Å². The molecule has 24 heavy (non-hydrogen) atoms. The molecule has 0 bridgehead atoms. The summed E-state index contributed by atoms with van der Waals surface area (Å²) >= 11 is 0. The summed E-state index contributed by atoms with van der Waals surface area (Å²) in [6, 6.07) is 0. The molecule has 1 aliphatic heterocycles. The van der Waals surface area contributed by atoms with E-state index in [0.29, 0.717) is 22.6 Å². The molecule has 1 aliphatic rings. The minimum atomic E-state index is -1.65. The van der Waals surface area contributed by atoms with E-state index in [1.54, 1.807) is 6.92 Å². The molecule has 4 heterocycles. The van der Waals surface area contributed by atoms with Gasteiger partial charge in [-0.15, -0.1) is 5.10 Å². The van der Waals surface area contributed by atoms with E-state index in [1.165, 1.54) is 22.3 Å². The molecule has 128 valence electrons. The van der Waals surface area contributed by atoms with E-state index >= 15 is 0 Å². The van der Waals surface area contributed by atoms with Gasteiger partial charge in [-0.25, -0.2) is 9.97 Å². The molecule has 1 fully saturated rings. The van der Waals surface area contributed by atoms with Crippen LogP contribution in [-0.2, 0) is 4.74 Å². The smallest absolute Gasteiger partial charge is 0.225 e. The van der Waals surface area contributed by atoms with Crippen molar-refractivity contribution in [3.63, 3.8) is 0 Å². The number of nitrogen functional groups attached to an aromatic ring is 1. The molecule has 11 nitrogen and oxygen atoms in total. The highest BCUT2D eigenvalue weighted by molar-refractivity contribution is 5.86. The quantitative estimate of drug-likeness (QED) is 0.431. The second kappa shape index (κ2) is 4.83. The Hall–Kier alpha value is -2.34. The Labute approximate surface area is 135 Å². The van der Waals surface area contributed by atoms with E-state index in [0.717, 1.165) is 0 Å². The van der Waals surface area contributed by atoms with E-state index in [-0.39, 0.29) is 5.95 Å². The SMILES string of the molecule is Cc1nc2c3ncn([C@@H]4O[C@H](CO)[C@@H](O)[C@@]4(C)O)c3nc(N)n2n1. The first kappa shape index (κ1) is 15.2. The van der Waals surface area contributed by atoms with Crippen molar-refractivity contribution in [2.75, 3.05) is 12.3 Å². The molecule has 0 spiro atoms. The molecule has 0 saturated carbocycles. The number of imidazole rings is 1. The third-order valence-electron chi connectivity index (χ3n) is 4.32. The minimum Gasteiger partial charge on any atom is -0.394 e. The number of ether oxygens (including phenoxy) is 1. The number of aromatic nitrogens is 6.